The van der Waals surface area contributed by atoms with Crippen molar-refractivity contribution < 1.29 is 14.0 Å². The molecule has 1 fully saturated rings. The number of rotatable bonds is 4. The maximum absolute atomic E-state index is 13.3. The third kappa shape index (κ3) is 4.51. The summed E-state index contributed by atoms with van der Waals surface area (Å²) < 4.78 is 15.1. The van der Waals surface area contributed by atoms with Crippen LogP contribution in [-0.2, 0) is 0 Å². The summed E-state index contributed by atoms with van der Waals surface area (Å²) in [5, 5.41) is 11.3. The molecule has 0 aliphatic carbocycles. The number of para-hydroxylation sites is 1. The first-order chi connectivity index (χ1) is 16.5. The van der Waals surface area contributed by atoms with Crippen molar-refractivity contribution in [2.45, 2.75) is 25.8 Å². The van der Waals surface area contributed by atoms with E-state index >= 15 is 0 Å². The number of hydrogen-bond donors (Lipinski definition) is 2. The van der Waals surface area contributed by atoms with Gasteiger partial charge in [-0.2, -0.15) is 5.10 Å². The van der Waals surface area contributed by atoms with E-state index in [1.54, 1.807) is 16.8 Å². The molecule has 2 N–H and O–H groups in total. The van der Waals surface area contributed by atoms with Crippen LogP contribution in [0.4, 0.5) is 14.9 Å². The summed E-state index contributed by atoms with van der Waals surface area (Å²) in [6.07, 6.45) is 1.39. The van der Waals surface area contributed by atoms with Crippen molar-refractivity contribution in [3.8, 4) is 5.69 Å². The number of aromatic nitrogens is 2. The molecule has 34 heavy (non-hydrogen) atoms. The number of piperidine rings is 1. The van der Waals surface area contributed by atoms with Crippen LogP contribution in [0.1, 0.15) is 28.2 Å². The standard InChI is InChI=1S/C25H24FN5O2S/c1-16-21-15-22(34-24(21)31(29-16)20-9-7-17(26)8-10-20)23(32)30-13-11-19(12-14-30)28-25(33)27-18-5-3-2-4-6-18/h2-10,15,19H,11-14H2,1H3,(H2,27,28,33). The van der Waals surface area contributed by atoms with E-state index in [0.29, 0.717) is 30.8 Å². The molecule has 1 aliphatic heterocycles. The van der Waals surface area contributed by atoms with E-state index in [4.69, 9.17) is 0 Å². The summed E-state index contributed by atoms with van der Waals surface area (Å²) in [6.45, 7) is 3.06. The molecule has 174 valence electrons. The van der Waals surface area contributed by atoms with E-state index in [1.165, 1.54) is 23.5 Å². The van der Waals surface area contributed by atoms with Crippen molar-refractivity contribution in [3.05, 3.63) is 77.1 Å². The van der Waals surface area contributed by atoms with Gasteiger partial charge in [0.25, 0.3) is 5.91 Å². The van der Waals surface area contributed by atoms with E-state index in [2.05, 4.69) is 15.7 Å². The van der Waals surface area contributed by atoms with Crippen molar-refractivity contribution in [1.82, 2.24) is 20.0 Å². The lowest BCUT2D eigenvalue weighted by atomic mass is 10.0. The molecule has 2 aromatic heterocycles. The summed E-state index contributed by atoms with van der Waals surface area (Å²) in [5.74, 6) is -0.320. The average molecular weight is 478 g/mol. The van der Waals surface area contributed by atoms with E-state index < -0.39 is 0 Å². The second kappa shape index (κ2) is 9.26. The average Bonchev–Trinajstić information content (AvgIpc) is 3.41. The Balaban J connectivity index is 1.23. The van der Waals surface area contributed by atoms with Gasteiger partial charge in [-0.25, -0.2) is 13.9 Å². The highest BCUT2D eigenvalue weighted by molar-refractivity contribution is 7.20. The van der Waals surface area contributed by atoms with Crippen LogP contribution in [-0.4, -0.2) is 45.8 Å². The van der Waals surface area contributed by atoms with Gasteiger partial charge in [-0.3, -0.25) is 4.79 Å². The molecule has 0 radical (unpaired) electrons. The topological polar surface area (TPSA) is 79.3 Å². The van der Waals surface area contributed by atoms with E-state index in [9.17, 15) is 14.0 Å². The lowest BCUT2D eigenvalue weighted by molar-refractivity contribution is 0.0714. The fourth-order valence-electron chi connectivity index (χ4n) is 4.17. The van der Waals surface area contributed by atoms with Crippen LogP contribution < -0.4 is 10.6 Å². The van der Waals surface area contributed by atoms with Crippen LogP contribution in [0.3, 0.4) is 0 Å². The number of fused-ring (bicyclic) bond motifs is 1. The molecule has 0 bridgehead atoms. The van der Waals surface area contributed by atoms with Crippen LogP contribution in [0.5, 0.6) is 0 Å². The van der Waals surface area contributed by atoms with Crippen molar-refractivity contribution in [2.75, 3.05) is 18.4 Å². The molecule has 3 heterocycles. The Morgan fingerprint density at radius 2 is 1.76 bits per heavy atom. The zero-order chi connectivity index (χ0) is 23.7. The smallest absolute Gasteiger partial charge is 0.319 e. The number of halogens is 1. The van der Waals surface area contributed by atoms with Gasteiger partial charge >= 0.3 is 6.03 Å². The quantitative estimate of drug-likeness (QED) is 0.436. The van der Waals surface area contributed by atoms with Gasteiger partial charge in [-0.1, -0.05) is 18.2 Å². The molecule has 0 spiro atoms. The molecule has 4 aromatic rings. The van der Waals surface area contributed by atoms with Gasteiger partial charge in [0.2, 0.25) is 0 Å². The normalized spacial score (nSPS) is 14.4. The second-order valence-electron chi connectivity index (χ2n) is 8.33. The minimum atomic E-state index is -0.304. The monoisotopic (exact) mass is 477 g/mol. The van der Waals surface area contributed by atoms with Gasteiger partial charge < -0.3 is 15.5 Å². The number of hydrogen-bond acceptors (Lipinski definition) is 4. The zero-order valence-electron chi connectivity index (χ0n) is 18.6. The number of anilines is 1. The molecule has 0 atom stereocenters. The fraction of sp³-hybridized carbons (Fsp3) is 0.240. The molecule has 1 aliphatic rings. The second-order valence-corrected chi connectivity index (χ2v) is 9.36. The summed E-state index contributed by atoms with van der Waals surface area (Å²) in [7, 11) is 0. The number of urea groups is 1. The lowest BCUT2D eigenvalue weighted by Crippen LogP contribution is -2.47. The number of amides is 3. The number of likely N-dealkylation sites (tertiary alicyclic amines) is 1. The molecule has 3 amide bonds. The van der Waals surface area contributed by atoms with Crippen LogP contribution in [0.25, 0.3) is 15.9 Å². The number of carbonyl (C=O) groups excluding carboxylic acids is 2. The van der Waals surface area contributed by atoms with Crippen molar-refractivity contribution in [2.24, 2.45) is 0 Å². The first-order valence-electron chi connectivity index (χ1n) is 11.1. The summed E-state index contributed by atoms with van der Waals surface area (Å²) >= 11 is 1.39. The van der Waals surface area contributed by atoms with Crippen molar-refractivity contribution in [1.29, 1.82) is 0 Å². The SMILES string of the molecule is Cc1nn(-c2ccc(F)cc2)c2sc(C(=O)N3CCC(NC(=O)Nc4ccccc4)CC3)cc12. The number of aryl methyl sites for hydroxylation is 1. The summed E-state index contributed by atoms with van der Waals surface area (Å²) in [6, 6.07) is 17.1. The van der Waals surface area contributed by atoms with Gasteiger partial charge in [0.05, 0.1) is 16.3 Å². The van der Waals surface area contributed by atoms with Crippen molar-refractivity contribution >= 4 is 39.2 Å². The number of thiophene rings is 1. The van der Waals surface area contributed by atoms with Gasteiger partial charge in [-0.15, -0.1) is 11.3 Å². The molecule has 7 nitrogen and oxygen atoms in total. The molecular weight excluding hydrogens is 453 g/mol. The van der Waals surface area contributed by atoms with E-state index in [1.807, 2.05) is 48.2 Å². The molecule has 5 rings (SSSR count). The predicted molar refractivity (Wildman–Crippen MR) is 131 cm³/mol. The number of nitrogens with zero attached hydrogens (tertiary/aromatic N) is 3. The highest BCUT2D eigenvalue weighted by atomic mass is 32.1. The molecule has 9 heteroatoms. The van der Waals surface area contributed by atoms with Crippen LogP contribution >= 0.6 is 11.3 Å². The Bertz CT molecular complexity index is 1320. The Kier molecular flexibility index (Phi) is 6.02. The zero-order valence-corrected chi connectivity index (χ0v) is 19.4. The van der Waals surface area contributed by atoms with Crippen LogP contribution in [0.2, 0.25) is 0 Å². The Labute approximate surface area is 200 Å². The maximum atomic E-state index is 13.3. The summed E-state index contributed by atoms with van der Waals surface area (Å²) in [4.78, 5) is 28.8. The predicted octanol–water partition coefficient (Wildman–Crippen LogP) is 4.96. The molecule has 0 unspecified atom stereocenters. The molecular formula is C25H24FN5O2S. The fourth-order valence-corrected chi connectivity index (χ4v) is 5.32. The Hall–Kier alpha value is -3.72. The highest BCUT2D eigenvalue weighted by Crippen LogP contribution is 2.31. The number of benzene rings is 2. The van der Waals surface area contributed by atoms with E-state index in [0.717, 1.165) is 27.3 Å². The summed E-state index contributed by atoms with van der Waals surface area (Å²) in [5.41, 5.74) is 2.31. The third-order valence-corrected chi connectivity index (χ3v) is 7.07. The third-order valence-electron chi connectivity index (χ3n) is 5.98. The maximum Gasteiger partial charge on any atom is 0.319 e. The number of carbonyl (C=O) groups is 2. The van der Waals surface area contributed by atoms with E-state index in [-0.39, 0.29) is 23.8 Å². The lowest BCUT2D eigenvalue weighted by Gasteiger charge is -2.32. The van der Waals surface area contributed by atoms with Gasteiger partial charge in [0.15, 0.2) is 0 Å². The van der Waals surface area contributed by atoms with Crippen LogP contribution in [0.15, 0.2) is 60.7 Å². The Morgan fingerprint density at radius 1 is 1.06 bits per heavy atom. The molecule has 1 saturated heterocycles. The van der Waals surface area contributed by atoms with Gasteiger partial charge in [0, 0.05) is 30.2 Å². The van der Waals surface area contributed by atoms with Gasteiger partial charge in [-0.05, 0) is 62.2 Å². The minimum absolute atomic E-state index is 0.0153. The van der Waals surface area contributed by atoms with Gasteiger partial charge in [0.1, 0.15) is 10.6 Å². The Morgan fingerprint density at radius 3 is 2.47 bits per heavy atom. The first kappa shape index (κ1) is 22.1. The highest BCUT2D eigenvalue weighted by Gasteiger charge is 2.26. The first-order valence-corrected chi connectivity index (χ1v) is 12.0. The van der Waals surface area contributed by atoms with Crippen LogP contribution in [0, 0.1) is 12.7 Å². The number of nitrogens with one attached hydrogen (secondary N) is 2. The van der Waals surface area contributed by atoms with Crippen molar-refractivity contribution in [3.63, 3.8) is 0 Å². The largest absolute Gasteiger partial charge is 0.338 e. The molecule has 2 aromatic carbocycles. The minimum Gasteiger partial charge on any atom is -0.338 e. The molecule has 0 saturated carbocycles.